The van der Waals surface area contributed by atoms with Gasteiger partial charge in [0.1, 0.15) is 0 Å². The van der Waals surface area contributed by atoms with Crippen molar-refractivity contribution in [2.75, 3.05) is 0 Å². The zero-order valence-corrected chi connectivity index (χ0v) is 13.1. The zero-order valence-electron chi connectivity index (χ0n) is 13.1. The van der Waals surface area contributed by atoms with Crippen LogP contribution in [0.1, 0.15) is 0 Å². The van der Waals surface area contributed by atoms with Crippen LogP contribution in [-0.2, 0) is 0 Å². The molecule has 1 heteroatoms. The summed E-state index contributed by atoms with van der Waals surface area (Å²) in [6.45, 7) is 0. The molecule has 0 aliphatic rings. The maximum Gasteiger partial charge on any atom is 0.0780 e. The largest absolute Gasteiger partial charge is 0.256 e. The number of fused-ring (bicyclic) bond motifs is 3. The summed E-state index contributed by atoms with van der Waals surface area (Å²) in [5, 5.41) is 7.44. The van der Waals surface area contributed by atoms with Crippen LogP contribution in [-0.4, -0.2) is 4.98 Å². The van der Waals surface area contributed by atoms with Gasteiger partial charge in [-0.2, -0.15) is 0 Å². The molecule has 24 heavy (non-hydrogen) atoms. The average Bonchev–Trinajstić information content (AvgIpc) is 2.65. The van der Waals surface area contributed by atoms with Crippen molar-refractivity contribution < 1.29 is 0 Å². The van der Waals surface area contributed by atoms with Crippen molar-refractivity contribution in [1.82, 2.24) is 4.98 Å². The molecule has 0 bridgehead atoms. The standard InChI is InChI=1S/C23H15N/c1-2-6-17-14-21(10-9-16(17)5-1)23-22-15-19-8-4-3-7-18(19)13-20(22)11-12-24-23/h1-15H. The summed E-state index contributed by atoms with van der Waals surface area (Å²) in [5.74, 6) is 0. The van der Waals surface area contributed by atoms with Gasteiger partial charge in [-0.05, 0) is 51.2 Å². The van der Waals surface area contributed by atoms with Crippen molar-refractivity contribution in [3.8, 4) is 11.3 Å². The summed E-state index contributed by atoms with van der Waals surface area (Å²) >= 11 is 0. The summed E-state index contributed by atoms with van der Waals surface area (Å²) in [6, 6.07) is 30.1. The van der Waals surface area contributed by atoms with Gasteiger partial charge >= 0.3 is 0 Å². The van der Waals surface area contributed by atoms with Gasteiger partial charge in [-0.25, -0.2) is 0 Å². The summed E-state index contributed by atoms with van der Waals surface area (Å²) < 4.78 is 0. The lowest BCUT2D eigenvalue weighted by Crippen LogP contribution is -1.87. The number of aromatic nitrogens is 1. The second-order valence-corrected chi connectivity index (χ2v) is 6.14. The Kier molecular flexibility index (Phi) is 2.86. The van der Waals surface area contributed by atoms with Crippen LogP contribution >= 0.6 is 0 Å². The molecule has 1 nitrogen and oxygen atoms in total. The Morgan fingerprint density at radius 2 is 1.17 bits per heavy atom. The van der Waals surface area contributed by atoms with Crippen LogP contribution in [0.4, 0.5) is 0 Å². The Labute approximate surface area is 140 Å². The van der Waals surface area contributed by atoms with E-state index in [1.54, 1.807) is 0 Å². The lowest BCUT2D eigenvalue weighted by atomic mass is 9.98. The number of pyridine rings is 1. The van der Waals surface area contributed by atoms with Gasteiger partial charge < -0.3 is 0 Å². The quantitative estimate of drug-likeness (QED) is 0.336. The molecule has 0 radical (unpaired) electrons. The number of hydrogen-bond donors (Lipinski definition) is 0. The van der Waals surface area contributed by atoms with Gasteiger partial charge in [0.25, 0.3) is 0 Å². The first-order chi connectivity index (χ1) is 11.9. The molecule has 0 amide bonds. The molecule has 0 spiro atoms. The van der Waals surface area contributed by atoms with Gasteiger partial charge in [0, 0.05) is 17.1 Å². The molecular weight excluding hydrogens is 290 g/mol. The normalized spacial score (nSPS) is 11.3. The molecular formula is C23H15N. The van der Waals surface area contributed by atoms with Crippen molar-refractivity contribution in [3.05, 3.63) is 91.1 Å². The van der Waals surface area contributed by atoms with E-state index in [-0.39, 0.29) is 0 Å². The first kappa shape index (κ1) is 13.3. The van der Waals surface area contributed by atoms with Crippen LogP contribution in [0.25, 0.3) is 43.6 Å². The first-order valence-electron chi connectivity index (χ1n) is 8.15. The van der Waals surface area contributed by atoms with Gasteiger partial charge in [0.05, 0.1) is 5.69 Å². The average molecular weight is 305 g/mol. The van der Waals surface area contributed by atoms with E-state index < -0.39 is 0 Å². The third-order valence-corrected chi connectivity index (χ3v) is 4.65. The van der Waals surface area contributed by atoms with E-state index >= 15 is 0 Å². The Hall–Kier alpha value is -3.19. The Morgan fingerprint density at radius 1 is 0.500 bits per heavy atom. The van der Waals surface area contributed by atoms with E-state index in [9.17, 15) is 0 Å². The van der Waals surface area contributed by atoms with Crippen molar-refractivity contribution in [2.24, 2.45) is 0 Å². The molecule has 5 aromatic rings. The van der Waals surface area contributed by atoms with E-state index in [2.05, 4.69) is 84.9 Å². The number of benzene rings is 4. The third-order valence-electron chi connectivity index (χ3n) is 4.65. The maximum absolute atomic E-state index is 4.69. The van der Waals surface area contributed by atoms with E-state index in [1.165, 1.54) is 32.3 Å². The molecule has 5 rings (SSSR count). The Bertz CT molecular complexity index is 1200. The first-order valence-corrected chi connectivity index (χ1v) is 8.15. The summed E-state index contributed by atoms with van der Waals surface area (Å²) in [7, 11) is 0. The highest BCUT2D eigenvalue weighted by molar-refractivity contribution is 6.04. The monoisotopic (exact) mass is 305 g/mol. The summed E-state index contributed by atoms with van der Waals surface area (Å²) in [4.78, 5) is 4.69. The molecule has 0 atom stereocenters. The molecule has 0 aliphatic heterocycles. The van der Waals surface area contributed by atoms with Crippen LogP contribution in [0.15, 0.2) is 91.1 Å². The smallest absolute Gasteiger partial charge is 0.0780 e. The highest BCUT2D eigenvalue weighted by atomic mass is 14.7. The minimum Gasteiger partial charge on any atom is -0.256 e. The van der Waals surface area contributed by atoms with Crippen LogP contribution < -0.4 is 0 Å². The zero-order chi connectivity index (χ0) is 15.9. The van der Waals surface area contributed by atoms with Crippen LogP contribution in [0, 0.1) is 0 Å². The lowest BCUT2D eigenvalue weighted by Gasteiger charge is -2.09. The highest BCUT2D eigenvalue weighted by Crippen LogP contribution is 2.31. The van der Waals surface area contributed by atoms with E-state index in [0.717, 1.165) is 11.3 Å². The number of hydrogen-bond acceptors (Lipinski definition) is 1. The van der Waals surface area contributed by atoms with Crippen LogP contribution in [0.2, 0.25) is 0 Å². The second-order valence-electron chi connectivity index (χ2n) is 6.14. The fourth-order valence-electron chi connectivity index (χ4n) is 3.43. The topological polar surface area (TPSA) is 12.9 Å². The SMILES string of the molecule is c1ccc2cc(-c3nccc4cc5ccccc5cc34)ccc2c1. The van der Waals surface area contributed by atoms with Gasteiger partial charge in [-0.3, -0.25) is 4.98 Å². The third kappa shape index (κ3) is 2.06. The van der Waals surface area contributed by atoms with Gasteiger partial charge in [0.2, 0.25) is 0 Å². The molecule has 4 aromatic carbocycles. The minimum atomic E-state index is 1.05. The summed E-state index contributed by atoms with van der Waals surface area (Å²) in [6.07, 6.45) is 1.90. The number of rotatable bonds is 1. The molecule has 112 valence electrons. The Balaban J connectivity index is 1.82. The minimum absolute atomic E-state index is 1.05. The molecule has 0 saturated carbocycles. The second kappa shape index (κ2) is 5.17. The lowest BCUT2D eigenvalue weighted by molar-refractivity contribution is 1.36. The predicted octanol–water partition coefficient (Wildman–Crippen LogP) is 6.21. The molecule has 0 unspecified atom stereocenters. The molecule has 0 fully saturated rings. The van der Waals surface area contributed by atoms with Gasteiger partial charge in [0.15, 0.2) is 0 Å². The van der Waals surface area contributed by atoms with Gasteiger partial charge in [-0.1, -0.05) is 60.7 Å². The molecule has 0 aliphatic carbocycles. The van der Waals surface area contributed by atoms with Crippen molar-refractivity contribution in [3.63, 3.8) is 0 Å². The summed E-state index contributed by atoms with van der Waals surface area (Å²) in [5.41, 5.74) is 2.21. The molecule has 1 aromatic heterocycles. The molecule has 0 N–H and O–H groups in total. The maximum atomic E-state index is 4.69. The van der Waals surface area contributed by atoms with E-state index in [1.807, 2.05) is 6.20 Å². The van der Waals surface area contributed by atoms with Gasteiger partial charge in [-0.15, -0.1) is 0 Å². The predicted molar refractivity (Wildman–Crippen MR) is 102 cm³/mol. The Morgan fingerprint density at radius 3 is 1.96 bits per heavy atom. The van der Waals surface area contributed by atoms with E-state index in [4.69, 9.17) is 4.98 Å². The van der Waals surface area contributed by atoms with Crippen LogP contribution in [0.3, 0.4) is 0 Å². The van der Waals surface area contributed by atoms with E-state index in [0.29, 0.717) is 0 Å². The van der Waals surface area contributed by atoms with Crippen molar-refractivity contribution in [2.45, 2.75) is 0 Å². The highest BCUT2D eigenvalue weighted by Gasteiger charge is 2.07. The van der Waals surface area contributed by atoms with Crippen molar-refractivity contribution >= 4 is 32.3 Å². The molecule has 1 heterocycles. The van der Waals surface area contributed by atoms with Crippen LogP contribution in [0.5, 0.6) is 0 Å². The fraction of sp³-hybridized carbons (Fsp3) is 0. The molecule has 0 saturated heterocycles. The number of nitrogens with zero attached hydrogens (tertiary/aromatic N) is 1. The van der Waals surface area contributed by atoms with Crippen molar-refractivity contribution in [1.29, 1.82) is 0 Å². The fourth-order valence-corrected chi connectivity index (χ4v) is 3.43.